The van der Waals surface area contributed by atoms with Gasteiger partial charge >= 0.3 is 5.97 Å². The quantitative estimate of drug-likeness (QED) is 0.824. The number of carbonyl (C=O) groups is 2. The number of likely N-dealkylation sites (tertiary alicyclic amines) is 1. The summed E-state index contributed by atoms with van der Waals surface area (Å²) in [5.74, 6) is -0.226. The van der Waals surface area contributed by atoms with Crippen molar-refractivity contribution in [3.63, 3.8) is 0 Å². The van der Waals surface area contributed by atoms with Crippen LogP contribution in [0.4, 0.5) is 0 Å². The second-order valence-electron chi connectivity index (χ2n) is 6.26. The van der Waals surface area contributed by atoms with Crippen LogP contribution in [0, 0.1) is 5.92 Å². The number of benzene rings is 1. The Morgan fingerprint density at radius 1 is 1.22 bits per heavy atom. The Balaban J connectivity index is 1.72. The molecule has 1 saturated heterocycles. The Hall–Kier alpha value is -1.55. The van der Waals surface area contributed by atoms with Gasteiger partial charge < -0.3 is 10.0 Å². The van der Waals surface area contributed by atoms with Crippen LogP contribution in [0.5, 0.6) is 0 Å². The van der Waals surface area contributed by atoms with Crippen molar-refractivity contribution in [2.45, 2.75) is 44.9 Å². The van der Waals surface area contributed by atoms with E-state index >= 15 is 0 Å². The molecule has 126 valence electrons. The van der Waals surface area contributed by atoms with Crippen LogP contribution in [-0.4, -0.2) is 35.0 Å². The molecule has 0 radical (unpaired) electrons. The number of carboxylic acids is 1. The number of rotatable bonds is 7. The zero-order valence-electron chi connectivity index (χ0n) is 13.3. The molecule has 2 rings (SSSR count). The van der Waals surface area contributed by atoms with Crippen LogP contribution in [0.1, 0.15) is 44.1 Å². The summed E-state index contributed by atoms with van der Waals surface area (Å²) in [4.78, 5) is 24.9. The molecular formula is C18H24ClNO3. The maximum atomic E-state index is 12.3. The Morgan fingerprint density at radius 2 is 1.96 bits per heavy atom. The number of hydrogen-bond donors (Lipinski definition) is 1. The van der Waals surface area contributed by atoms with Crippen LogP contribution < -0.4 is 0 Å². The van der Waals surface area contributed by atoms with Crippen LogP contribution >= 0.6 is 11.6 Å². The zero-order valence-corrected chi connectivity index (χ0v) is 14.1. The summed E-state index contributed by atoms with van der Waals surface area (Å²) in [6.07, 6.45) is 5.13. The number of aryl methyl sites for hydroxylation is 1. The molecule has 1 aliphatic rings. The molecule has 5 heteroatoms. The molecule has 0 aliphatic carbocycles. The smallest absolute Gasteiger partial charge is 0.303 e. The van der Waals surface area contributed by atoms with E-state index in [4.69, 9.17) is 16.7 Å². The van der Waals surface area contributed by atoms with Crippen molar-refractivity contribution in [2.24, 2.45) is 5.92 Å². The third-order valence-electron chi connectivity index (χ3n) is 4.41. The Morgan fingerprint density at radius 3 is 2.65 bits per heavy atom. The number of carbonyl (C=O) groups excluding carboxylic acids is 1. The van der Waals surface area contributed by atoms with E-state index in [0.717, 1.165) is 37.3 Å². The summed E-state index contributed by atoms with van der Waals surface area (Å²) in [5.41, 5.74) is 1.19. The Kier molecular flexibility index (Phi) is 6.90. The van der Waals surface area contributed by atoms with Gasteiger partial charge in [-0.3, -0.25) is 9.59 Å². The van der Waals surface area contributed by atoms with E-state index in [0.29, 0.717) is 25.3 Å². The van der Waals surface area contributed by atoms with Gasteiger partial charge in [0.05, 0.1) is 0 Å². The molecule has 1 aromatic rings. The lowest BCUT2D eigenvalue weighted by molar-refractivity contribution is -0.137. The number of nitrogens with zero attached hydrogens (tertiary/aromatic N) is 1. The van der Waals surface area contributed by atoms with Crippen LogP contribution in [0.3, 0.4) is 0 Å². The molecule has 1 heterocycles. The molecule has 0 saturated carbocycles. The van der Waals surface area contributed by atoms with Crippen molar-refractivity contribution in [3.8, 4) is 0 Å². The minimum atomic E-state index is -0.753. The highest BCUT2D eigenvalue weighted by molar-refractivity contribution is 6.30. The highest BCUT2D eigenvalue weighted by atomic mass is 35.5. The first-order valence-electron chi connectivity index (χ1n) is 8.28. The topological polar surface area (TPSA) is 57.6 Å². The summed E-state index contributed by atoms with van der Waals surface area (Å²) in [7, 11) is 0. The van der Waals surface area contributed by atoms with Gasteiger partial charge in [-0.05, 0) is 55.7 Å². The van der Waals surface area contributed by atoms with E-state index in [-0.39, 0.29) is 12.3 Å². The van der Waals surface area contributed by atoms with Crippen LogP contribution in [-0.2, 0) is 16.0 Å². The fourth-order valence-electron chi connectivity index (χ4n) is 3.11. The molecule has 1 aromatic carbocycles. The molecule has 23 heavy (non-hydrogen) atoms. The number of carboxylic acid groups (broad SMARTS) is 1. The average Bonchev–Trinajstić information content (AvgIpc) is 2.55. The van der Waals surface area contributed by atoms with Crippen LogP contribution in [0.25, 0.3) is 0 Å². The van der Waals surface area contributed by atoms with Gasteiger partial charge in [-0.15, -0.1) is 0 Å². The Labute approximate surface area is 142 Å². The largest absolute Gasteiger partial charge is 0.481 e. The molecule has 1 fully saturated rings. The van der Waals surface area contributed by atoms with Crippen molar-refractivity contribution >= 4 is 23.5 Å². The Bertz CT molecular complexity index is 530. The van der Waals surface area contributed by atoms with Gasteiger partial charge in [-0.2, -0.15) is 0 Å². The van der Waals surface area contributed by atoms with Crippen molar-refractivity contribution in [2.75, 3.05) is 13.1 Å². The second-order valence-corrected chi connectivity index (χ2v) is 6.70. The number of hydrogen-bond acceptors (Lipinski definition) is 2. The van der Waals surface area contributed by atoms with Gasteiger partial charge in [0.15, 0.2) is 0 Å². The maximum absolute atomic E-state index is 12.3. The van der Waals surface area contributed by atoms with Gasteiger partial charge in [0.1, 0.15) is 0 Å². The molecular weight excluding hydrogens is 314 g/mol. The van der Waals surface area contributed by atoms with Crippen molar-refractivity contribution in [1.29, 1.82) is 0 Å². The second kappa shape index (κ2) is 8.92. The third kappa shape index (κ3) is 6.22. The van der Waals surface area contributed by atoms with Gasteiger partial charge in [-0.25, -0.2) is 0 Å². The predicted octanol–water partition coefficient (Wildman–Crippen LogP) is 3.77. The standard InChI is InChI=1S/C18H24ClNO3/c19-16-9-6-14(7-10-16)3-1-5-17(21)20-12-2-4-15(13-20)8-11-18(22)23/h6-7,9-10,15H,1-5,8,11-13H2,(H,22,23)/t15-/m1/s1. The van der Waals surface area contributed by atoms with Gasteiger partial charge in [0.2, 0.25) is 5.91 Å². The zero-order chi connectivity index (χ0) is 16.7. The van der Waals surface area contributed by atoms with Gasteiger partial charge in [0.25, 0.3) is 0 Å². The lowest BCUT2D eigenvalue weighted by Gasteiger charge is -2.32. The van der Waals surface area contributed by atoms with Crippen molar-refractivity contribution < 1.29 is 14.7 Å². The highest BCUT2D eigenvalue weighted by Gasteiger charge is 2.23. The lowest BCUT2D eigenvalue weighted by atomic mass is 9.93. The first kappa shape index (κ1) is 17.8. The maximum Gasteiger partial charge on any atom is 0.303 e. The molecule has 1 N–H and O–H groups in total. The summed E-state index contributed by atoms with van der Waals surface area (Å²) in [6, 6.07) is 7.73. The van der Waals surface area contributed by atoms with Gasteiger partial charge in [0, 0.05) is 31.0 Å². The first-order chi connectivity index (χ1) is 11.0. The lowest BCUT2D eigenvalue weighted by Crippen LogP contribution is -2.40. The van der Waals surface area contributed by atoms with Crippen LogP contribution in [0.2, 0.25) is 5.02 Å². The van der Waals surface area contributed by atoms with E-state index in [2.05, 4.69) is 0 Å². The van der Waals surface area contributed by atoms with E-state index in [9.17, 15) is 9.59 Å². The molecule has 1 amide bonds. The summed E-state index contributed by atoms with van der Waals surface area (Å²) in [6.45, 7) is 1.52. The van der Waals surface area contributed by atoms with Crippen molar-refractivity contribution in [3.05, 3.63) is 34.9 Å². The summed E-state index contributed by atoms with van der Waals surface area (Å²) < 4.78 is 0. The molecule has 1 atom stereocenters. The number of halogens is 1. The third-order valence-corrected chi connectivity index (χ3v) is 4.66. The number of amides is 1. The first-order valence-corrected chi connectivity index (χ1v) is 8.66. The van der Waals surface area contributed by atoms with E-state index < -0.39 is 5.97 Å². The summed E-state index contributed by atoms with van der Waals surface area (Å²) in [5, 5.41) is 9.50. The van der Waals surface area contributed by atoms with E-state index in [1.807, 2.05) is 29.2 Å². The molecule has 0 aromatic heterocycles. The fraction of sp³-hybridized carbons (Fsp3) is 0.556. The SMILES string of the molecule is O=C(O)CC[C@H]1CCCN(C(=O)CCCc2ccc(Cl)cc2)C1. The van der Waals surface area contributed by atoms with Gasteiger partial charge in [-0.1, -0.05) is 23.7 Å². The molecule has 4 nitrogen and oxygen atoms in total. The molecule has 1 aliphatic heterocycles. The van der Waals surface area contributed by atoms with E-state index in [1.54, 1.807) is 0 Å². The monoisotopic (exact) mass is 337 g/mol. The fourth-order valence-corrected chi connectivity index (χ4v) is 3.23. The summed E-state index contributed by atoms with van der Waals surface area (Å²) >= 11 is 5.86. The van der Waals surface area contributed by atoms with Crippen molar-refractivity contribution in [1.82, 2.24) is 4.90 Å². The van der Waals surface area contributed by atoms with E-state index in [1.165, 1.54) is 5.56 Å². The molecule has 0 spiro atoms. The van der Waals surface area contributed by atoms with Crippen LogP contribution in [0.15, 0.2) is 24.3 Å². The minimum absolute atomic E-state index is 0.194. The average molecular weight is 338 g/mol. The predicted molar refractivity (Wildman–Crippen MR) is 90.6 cm³/mol. The minimum Gasteiger partial charge on any atom is -0.481 e. The normalized spacial score (nSPS) is 18.0. The highest BCUT2D eigenvalue weighted by Crippen LogP contribution is 2.22. The number of aliphatic carboxylic acids is 1. The molecule has 0 bridgehead atoms. The molecule has 0 unspecified atom stereocenters. The number of piperidine rings is 1.